The molecular formula is C33H58O4Si. The van der Waals surface area contributed by atoms with Gasteiger partial charge in [-0.15, -0.1) is 6.58 Å². The Kier molecular flexibility index (Phi) is 22.1. The van der Waals surface area contributed by atoms with Gasteiger partial charge in [0.2, 0.25) is 0 Å². The van der Waals surface area contributed by atoms with Crippen LogP contribution >= 0.6 is 0 Å². The highest BCUT2D eigenvalue weighted by Crippen LogP contribution is 2.35. The summed E-state index contributed by atoms with van der Waals surface area (Å²) < 4.78 is 5.99. The lowest BCUT2D eigenvalue weighted by atomic mass is 9.92. The Labute approximate surface area is 235 Å². The summed E-state index contributed by atoms with van der Waals surface area (Å²) in [7, 11) is -1.34. The maximum atomic E-state index is 10.4. The van der Waals surface area contributed by atoms with Gasteiger partial charge in [-0.05, 0) is 95.3 Å². The molecule has 4 nitrogen and oxygen atoms in total. The van der Waals surface area contributed by atoms with Crippen LogP contribution in [-0.4, -0.2) is 31.3 Å². The van der Waals surface area contributed by atoms with Crippen LogP contribution in [0.1, 0.15) is 110 Å². The first kappa shape index (κ1) is 36.3. The van der Waals surface area contributed by atoms with Crippen LogP contribution < -0.4 is 0 Å². The normalized spacial score (nSPS) is 19.8. The molecule has 0 heterocycles. The van der Waals surface area contributed by atoms with Gasteiger partial charge >= 0.3 is 5.97 Å². The molecule has 0 amide bonds. The molecule has 38 heavy (non-hydrogen) atoms. The molecular weight excluding hydrogens is 488 g/mol. The van der Waals surface area contributed by atoms with E-state index in [1.165, 1.54) is 51.4 Å². The number of carbonyl (C=O) groups is 2. The van der Waals surface area contributed by atoms with Crippen molar-refractivity contribution in [2.75, 3.05) is 0 Å². The topological polar surface area (TPSA) is 63.6 Å². The Morgan fingerprint density at radius 2 is 1.89 bits per heavy atom. The summed E-state index contributed by atoms with van der Waals surface area (Å²) in [6.45, 7) is 14.9. The minimum Gasteiger partial charge on any atom is -0.481 e. The molecule has 0 aromatic heterocycles. The number of carboxylic acids is 1. The maximum absolute atomic E-state index is 10.4. The number of aliphatic carboxylic acids is 1. The number of ketones is 1. The zero-order chi connectivity index (χ0) is 28.7. The highest BCUT2D eigenvalue weighted by Gasteiger charge is 2.23. The van der Waals surface area contributed by atoms with Crippen molar-refractivity contribution in [2.24, 2.45) is 11.8 Å². The molecule has 1 fully saturated rings. The molecule has 0 radical (unpaired) electrons. The van der Waals surface area contributed by atoms with Crippen molar-refractivity contribution < 1.29 is 19.1 Å². The highest BCUT2D eigenvalue weighted by molar-refractivity contribution is 6.69. The lowest BCUT2D eigenvalue weighted by molar-refractivity contribution is -0.136. The van der Waals surface area contributed by atoms with Crippen molar-refractivity contribution in [1.29, 1.82) is 0 Å². The Bertz CT molecular complexity index is 717. The van der Waals surface area contributed by atoms with Crippen molar-refractivity contribution in [1.82, 2.24) is 0 Å². The minimum absolute atomic E-state index is 0.252. The molecule has 2 rings (SSSR count). The van der Waals surface area contributed by atoms with Gasteiger partial charge in [0.25, 0.3) is 0 Å². The monoisotopic (exact) mass is 546 g/mol. The number of allylic oxidation sites excluding steroid dienone is 6. The zero-order valence-corrected chi connectivity index (χ0v) is 26.3. The van der Waals surface area contributed by atoms with E-state index in [9.17, 15) is 9.59 Å². The van der Waals surface area contributed by atoms with E-state index in [1.54, 1.807) is 6.08 Å². The summed E-state index contributed by atoms with van der Waals surface area (Å²) in [5.41, 5.74) is 0. The van der Waals surface area contributed by atoms with E-state index in [0.29, 0.717) is 12.5 Å². The van der Waals surface area contributed by atoms with E-state index in [4.69, 9.17) is 9.53 Å². The largest absolute Gasteiger partial charge is 0.481 e. The molecule has 1 N–H and O–H groups in total. The summed E-state index contributed by atoms with van der Waals surface area (Å²) in [5.74, 6) is 1.10. The fraction of sp³-hybridized carbons (Fsp3) is 0.697. The Balaban J connectivity index is 0.000000637. The quantitative estimate of drug-likeness (QED) is 0.119. The van der Waals surface area contributed by atoms with Gasteiger partial charge in [-0.1, -0.05) is 76.0 Å². The summed E-state index contributed by atoms with van der Waals surface area (Å²) in [6, 6.07) is 0. The lowest BCUT2D eigenvalue weighted by Gasteiger charge is -2.25. The third kappa shape index (κ3) is 22.3. The van der Waals surface area contributed by atoms with Crippen LogP contribution in [0.15, 0.2) is 49.1 Å². The van der Waals surface area contributed by atoms with Crippen LogP contribution in [0.3, 0.4) is 0 Å². The molecule has 2 aliphatic carbocycles. The Morgan fingerprint density at radius 3 is 2.42 bits per heavy atom. The van der Waals surface area contributed by atoms with Gasteiger partial charge in [-0.2, -0.15) is 0 Å². The maximum Gasteiger partial charge on any atom is 0.303 e. The van der Waals surface area contributed by atoms with E-state index < -0.39 is 14.3 Å². The highest BCUT2D eigenvalue weighted by atomic mass is 28.4. The number of carboxylic acid groups (broad SMARTS) is 1. The fourth-order valence-corrected chi connectivity index (χ4v) is 5.96. The first-order valence-corrected chi connectivity index (χ1v) is 18.5. The molecule has 0 aromatic rings. The molecule has 5 heteroatoms. The second kappa shape index (κ2) is 23.2. The molecule has 3 atom stereocenters. The van der Waals surface area contributed by atoms with Gasteiger partial charge in [0.05, 0.1) is 0 Å². The molecule has 0 aromatic carbocycles. The zero-order valence-electron chi connectivity index (χ0n) is 25.3. The molecule has 0 saturated heterocycles. The molecule has 1 unspecified atom stereocenters. The first-order chi connectivity index (χ1) is 18.1. The predicted molar refractivity (Wildman–Crippen MR) is 166 cm³/mol. The van der Waals surface area contributed by atoms with Crippen LogP contribution in [0.25, 0.3) is 0 Å². The fourth-order valence-electron chi connectivity index (χ4n) is 4.75. The second-order valence-electron chi connectivity index (χ2n) is 11.5. The van der Waals surface area contributed by atoms with Gasteiger partial charge in [0, 0.05) is 18.9 Å². The average molecular weight is 547 g/mol. The summed E-state index contributed by atoms with van der Waals surface area (Å²) >= 11 is 0. The molecule has 1 saturated carbocycles. The van der Waals surface area contributed by atoms with Crippen LogP contribution in [0.5, 0.6) is 0 Å². The van der Waals surface area contributed by atoms with Crippen LogP contribution in [0.2, 0.25) is 19.6 Å². The van der Waals surface area contributed by atoms with Gasteiger partial charge < -0.3 is 9.53 Å². The van der Waals surface area contributed by atoms with Gasteiger partial charge in [-0.3, -0.25) is 9.59 Å². The number of carbonyl (C=O) groups excluding carboxylic acids is 1. The first-order valence-electron chi connectivity index (χ1n) is 15.1. The van der Waals surface area contributed by atoms with Crippen molar-refractivity contribution in [3.63, 3.8) is 0 Å². The van der Waals surface area contributed by atoms with E-state index in [-0.39, 0.29) is 12.2 Å². The standard InChI is InChI=1S/C18H30O2.C10H22OSi.C5H6O/c1-2-3-4-5-7-11-16-13-10-14-17(16)12-8-6-9-15-18(19)20;1-6-8-10(9-7-2)11-12(3,4)5;6-5-3-1-2-4-5/h6-8,11,16-17H,2-5,9-10,12-15H2,1H3,(H,19,20);6,10H,1,7-9H2,2-5H3;1,3H,2,4H2/b8-6-,11-7+;;/t16-,17-;;/m0../s1. The summed E-state index contributed by atoms with van der Waals surface area (Å²) in [6.07, 6.45) is 31.2. The van der Waals surface area contributed by atoms with Crippen molar-refractivity contribution >= 4 is 20.1 Å². The average Bonchev–Trinajstić information content (AvgIpc) is 3.50. The van der Waals surface area contributed by atoms with E-state index in [2.05, 4.69) is 58.3 Å². The minimum atomic E-state index is -1.34. The smallest absolute Gasteiger partial charge is 0.303 e. The van der Waals surface area contributed by atoms with Crippen molar-refractivity contribution in [2.45, 2.75) is 136 Å². The van der Waals surface area contributed by atoms with Gasteiger partial charge in [-0.25, -0.2) is 0 Å². The molecule has 0 spiro atoms. The third-order valence-electron chi connectivity index (χ3n) is 6.63. The number of hydrogen-bond acceptors (Lipinski definition) is 3. The molecule has 0 aliphatic heterocycles. The van der Waals surface area contributed by atoms with Crippen molar-refractivity contribution in [3.8, 4) is 0 Å². The van der Waals surface area contributed by atoms with E-state index in [0.717, 1.165) is 43.9 Å². The van der Waals surface area contributed by atoms with Crippen LogP contribution in [0, 0.1) is 11.8 Å². The van der Waals surface area contributed by atoms with Crippen LogP contribution in [-0.2, 0) is 14.0 Å². The number of rotatable bonds is 16. The second-order valence-corrected chi connectivity index (χ2v) is 16.0. The number of hydrogen-bond donors (Lipinski definition) is 1. The number of unbranched alkanes of at least 4 members (excludes halogenated alkanes) is 3. The van der Waals surface area contributed by atoms with Gasteiger partial charge in [0.1, 0.15) is 0 Å². The SMILES string of the molecule is C=CCC(CCC)O[Si](C)(C)C.CCCCC/C=C/[C@H]1CCC[C@@H]1C/C=C\CCC(=O)O.O=C1C=CCC1. The van der Waals surface area contributed by atoms with E-state index >= 15 is 0 Å². The summed E-state index contributed by atoms with van der Waals surface area (Å²) in [4.78, 5) is 20.6. The molecule has 218 valence electrons. The van der Waals surface area contributed by atoms with Crippen molar-refractivity contribution in [3.05, 3.63) is 49.1 Å². The summed E-state index contributed by atoms with van der Waals surface area (Å²) in [5, 5.41) is 8.58. The molecule has 0 bridgehead atoms. The Morgan fingerprint density at radius 1 is 1.13 bits per heavy atom. The Hall–Kier alpha value is -1.72. The van der Waals surface area contributed by atoms with E-state index in [1.807, 2.05) is 18.2 Å². The van der Waals surface area contributed by atoms with Gasteiger partial charge in [0.15, 0.2) is 14.1 Å². The molecule has 2 aliphatic rings. The van der Waals surface area contributed by atoms with Crippen LogP contribution in [0.4, 0.5) is 0 Å². The lowest BCUT2D eigenvalue weighted by Crippen LogP contribution is -2.31. The third-order valence-corrected chi connectivity index (χ3v) is 7.67. The predicted octanol–water partition coefficient (Wildman–Crippen LogP) is 9.84.